The molecule has 0 fully saturated rings. The van der Waals surface area contributed by atoms with Crippen LogP contribution in [-0.4, -0.2) is 37.8 Å². The van der Waals surface area contributed by atoms with Gasteiger partial charge in [-0.3, -0.25) is 4.57 Å². The summed E-state index contributed by atoms with van der Waals surface area (Å²) in [5.41, 5.74) is -0.923. The Hall–Kier alpha value is -2.31. The Labute approximate surface area is 146 Å². The van der Waals surface area contributed by atoms with Crippen LogP contribution in [0.2, 0.25) is 0 Å². The van der Waals surface area contributed by atoms with Crippen LogP contribution in [0.4, 0.5) is 14.6 Å². The molecule has 0 unspecified atom stereocenters. The van der Waals surface area contributed by atoms with Crippen molar-refractivity contribution in [3.8, 4) is 5.88 Å². The molecule has 25 heavy (non-hydrogen) atoms. The van der Waals surface area contributed by atoms with Gasteiger partial charge in [-0.25, -0.2) is 13.6 Å². The largest absolute Gasteiger partial charge is 0.487 e. The van der Waals surface area contributed by atoms with Gasteiger partial charge in [0.15, 0.2) is 0 Å². The van der Waals surface area contributed by atoms with E-state index in [-0.39, 0.29) is 17.0 Å². The van der Waals surface area contributed by atoms with E-state index in [1.54, 1.807) is 0 Å². The van der Waals surface area contributed by atoms with Gasteiger partial charge in [-0.2, -0.15) is 4.98 Å². The molecule has 1 aromatic heterocycles. The molecule has 0 aliphatic carbocycles. The third-order valence-corrected chi connectivity index (χ3v) is 4.35. The number of benzene rings is 1. The summed E-state index contributed by atoms with van der Waals surface area (Å²) in [6.45, 7) is 4.42. The van der Waals surface area contributed by atoms with Gasteiger partial charge in [-0.05, 0) is 31.5 Å². The van der Waals surface area contributed by atoms with Crippen molar-refractivity contribution in [2.75, 3.05) is 11.9 Å². The second kappa shape index (κ2) is 5.61. The quantitative estimate of drug-likeness (QED) is 0.790. The Morgan fingerprint density at radius 2 is 1.80 bits per heavy atom. The van der Waals surface area contributed by atoms with E-state index in [0.29, 0.717) is 18.4 Å². The monoisotopic (exact) mass is 341 g/mol. The highest BCUT2D eigenvalue weighted by molar-refractivity contribution is 6.39. The molecule has 2 heterocycles. The number of rotatable bonds is 3. The summed E-state index contributed by atoms with van der Waals surface area (Å²) in [6, 6.07) is 4.12. The lowest BCUT2D eigenvalue weighted by atomic mass is 9.61. The second-order valence-electron chi connectivity index (χ2n) is 6.75. The van der Waals surface area contributed by atoms with E-state index in [1.807, 2.05) is 25.8 Å². The molecule has 1 aromatic carbocycles. The number of halogens is 2. The fourth-order valence-corrected chi connectivity index (χ4v) is 2.77. The predicted molar refractivity (Wildman–Crippen MR) is 91.2 cm³/mol. The molecule has 0 N–H and O–H groups in total. The Balaban J connectivity index is 1.98. The summed E-state index contributed by atoms with van der Waals surface area (Å²) >= 11 is 0. The predicted octanol–water partition coefficient (Wildman–Crippen LogP) is 1.28. The van der Waals surface area contributed by atoms with Crippen molar-refractivity contribution in [2.45, 2.75) is 31.3 Å². The number of likely N-dealkylation sites (N-methyl/N-ethyl adjacent to an activating group) is 1. The molecule has 3 rings (SSSR count). The van der Waals surface area contributed by atoms with Crippen molar-refractivity contribution in [3.05, 3.63) is 51.9 Å². The van der Waals surface area contributed by atoms with Gasteiger partial charge in [0.2, 0.25) is 5.88 Å². The summed E-state index contributed by atoms with van der Waals surface area (Å²) in [5.74, 6) is -1.23. The van der Waals surface area contributed by atoms with Crippen LogP contribution in [0.3, 0.4) is 0 Å². The summed E-state index contributed by atoms with van der Waals surface area (Å²) in [7, 11) is 13.5. The number of hydrogen-bond donors (Lipinski definition) is 0. The average molecular weight is 341 g/mol. The van der Waals surface area contributed by atoms with Crippen molar-refractivity contribution < 1.29 is 13.5 Å². The van der Waals surface area contributed by atoms with Crippen LogP contribution in [0.5, 0.6) is 5.88 Å². The molecule has 1 aliphatic heterocycles. The number of aromatic nitrogens is 2. The highest BCUT2D eigenvalue weighted by atomic mass is 19.1. The van der Waals surface area contributed by atoms with Crippen molar-refractivity contribution in [1.29, 1.82) is 0 Å². The summed E-state index contributed by atoms with van der Waals surface area (Å²) in [4.78, 5) is 18.0. The summed E-state index contributed by atoms with van der Waals surface area (Å²) in [6.07, 6.45) is 0. The third-order valence-electron chi connectivity index (χ3n) is 4.35. The SMILES string of the molecule is [B]C([B])(Oc1cc2n(c(=O)n1)CC(C)(C)N2C)c1cc(F)cc(F)c1. The number of ether oxygens (including phenoxy) is 1. The van der Waals surface area contributed by atoms with E-state index >= 15 is 0 Å². The van der Waals surface area contributed by atoms with Gasteiger partial charge in [0.25, 0.3) is 0 Å². The van der Waals surface area contributed by atoms with E-state index in [4.69, 9.17) is 20.4 Å². The van der Waals surface area contributed by atoms with Gasteiger partial charge in [-0.15, -0.1) is 0 Å². The minimum atomic E-state index is -2.06. The van der Waals surface area contributed by atoms with Gasteiger partial charge in [-0.1, -0.05) is 0 Å². The highest BCUT2D eigenvalue weighted by Crippen LogP contribution is 2.32. The molecular weight excluding hydrogens is 326 g/mol. The maximum Gasteiger partial charge on any atom is 0.352 e. The van der Waals surface area contributed by atoms with Crippen LogP contribution < -0.4 is 15.3 Å². The number of anilines is 1. The van der Waals surface area contributed by atoms with Crippen LogP contribution >= 0.6 is 0 Å². The lowest BCUT2D eigenvalue weighted by Crippen LogP contribution is -2.38. The molecule has 0 saturated carbocycles. The fraction of sp³-hybridized carbons (Fsp3) is 0.375. The van der Waals surface area contributed by atoms with Crippen LogP contribution in [-0.2, 0) is 11.9 Å². The third kappa shape index (κ3) is 3.15. The first-order chi connectivity index (χ1) is 11.5. The van der Waals surface area contributed by atoms with E-state index in [2.05, 4.69) is 4.98 Å². The minimum absolute atomic E-state index is 0.124. The smallest absolute Gasteiger partial charge is 0.352 e. The zero-order chi connectivity index (χ0) is 18.6. The lowest BCUT2D eigenvalue weighted by Gasteiger charge is -2.29. The molecule has 9 heteroatoms. The van der Waals surface area contributed by atoms with Crippen molar-refractivity contribution in [2.24, 2.45) is 0 Å². The lowest BCUT2D eigenvalue weighted by molar-refractivity contribution is 0.231. The fourth-order valence-electron chi connectivity index (χ4n) is 2.77. The summed E-state index contributed by atoms with van der Waals surface area (Å²) in [5, 5.41) is -2.06. The first kappa shape index (κ1) is 17.5. The zero-order valence-electron chi connectivity index (χ0n) is 14.1. The normalized spacial score (nSPS) is 16.0. The highest BCUT2D eigenvalue weighted by Gasteiger charge is 2.35. The Morgan fingerprint density at radius 3 is 2.40 bits per heavy atom. The summed E-state index contributed by atoms with van der Waals surface area (Å²) < 4.78 is 33.7. The second-order valence-corrected chi connectivity index (χ2v) is 6.75. The van der Waals surface area contributed by atoms with Crippen LogP contribution in [0.25, 0.3) is 0 Å². The molecular formula is C16H15B2F2N3O2. The van der Waals surface area contributed by atoms with Crippen LogP contribution in [0.1, 0.15) is 19.4 Å². The maximum absolute atomic E-state index is 13.4. The van der Waals surface area contributed by atoms with Gasteiger partial charge in [0.1, 0.15) is 33.1 Å². The average Bonchev–Trinajstić information content (AvgIpc) is 2.69. The molecule has 4 radical (unpaired) electrons. The van der Waals surface area contributed by atoms with E-state index in [9.17, 15) is 13.6 Å². The topological polar surface area (TPSA) is 47.4 Å². The molecule has 126 valence electrons. The first-order valence-corrected chi connectivity index (χ1v) is 7.59. The molecule has 0 atom stereocenters. The molecule has 0 amide bonds. The van der Waals surface area contributed by atoms with Crippen LogP contribution in [0.15, 0.2) is 29.1 Å². The maximum atomic E-state index is 13.4. The molecule has 1 aliphatic rings. The number of nitrogens with zero attached hydrogens (tertiary/aromatic N) is 3. The van der Waals surface area contributed by atoms with Gasteiger partial charge in [0.05, 0.1) is 17.5 Å². The van der Waals surface area contributed by atoms with Crippen molar-refractivity contribution >= 4 is 21.5 Å². The van der Waals surface area contributed by atoms with Crippen molar-refractivity contribution in [1.82, 2.24) is 9.55 Å². The van der Waals surface area contributed by atoms with E-state index in [1.165, 1.54) is 10.6 Å². The van der Waals surface area contributed by atoms with Gasteiger partial charge < -0.3 is 9.64 Å². The van der Waals surface area contributed by atoms with E-state index < -0.39 is 22.7 Å². The standard InChI is InChI=1S/C16H15B2F2N3O2/c1-15(2)8-23-13(22(15)3)7-12(21-14(23)24)25-16(17,18)9-4-10(19)6-11(20)5-9/h4-7H,8H2,1-3H3. The van der Waals surface area contributed by atoms with Gasteiger partial charge >= 0.3 is 5.69 Å². The van der Waals surface area contributed by atoms with Crippen LogP contribution in [0, 0.1) is 11.6 Å². The first-order valence-electron chi connectivity index (χ1n) is 7.59. The molecule has 0 bridgehead atoms. The Kier molecular flexibility index (Phi) is 3.93. The van der Waals surface area contributed by atoms with Crippen molar-refractivity contribution in [3.63, 3.8) is 0 Å². The molecule has 5 nitrogen and oxygen atoms in total. The Morgan fingerprint density at radius 1 is 1.20 bits per heavy atom. The zero-order valence-corrected chi connectivity index (χ0v) is 14.1. The van der Waals surface area contributed by atoms with E-state index in [0.717, 1.165) is 12.1 Å². The molecule has 0 saturated heterocycles. The molecule has 2 aromatic rings. The number of hydrogen-bond acceptors (Lipinski definition) is 4. The molecule has 0 spiro atoms. The van der Waals surface area contributed by atoms with Gasteiger partial charge in [0, 0.05) is 19.2 Å². The number of fused-ring (bicyclic) bond motifs is 1. The Bertz CT molecular complexity index is 879. The minimum Gasteiger partial charge on any atom is -0.487 e.